The molecule has 0 aliphatic rings. The molecule has 0 saturated heterocycles. The van der Waals surface area contributed by atoms with Gasteiger partial charge >= 0.3 is 0 Å². The van der Waals surface area contributed by atoms with E-state index in [0.717, 1.165) is 11.5 Å². The molecule has 1 aromatic carbocycles. The van der Waals surface area contributed by atoms with E-state index in [1.807, 2.05) is 18.1 Å². The Kier molecular flexibility index (Phi) is 3.85. The van der Waals surface area contributed by atoms with Crippen molar-refractivity contribution >= 4 is 17.3 Å². The van der Waals surface area contributed by atoms with Gasteiger partial charge in [0.15, 0.2) is 6.19 Å². The highest BCUT2D eigenvalue weighted by Crippen LogP contribution is 2.29. The molecular weight excluding hydrogens is 250 g/mol. The van der Waals surface area contributed by atoms with Gasteiger partial charge in [0, 0.05) is 18.8 Å². The molecule has 0 aliphatic heterocycles. The third-order valence-corrected chi connectivity index (χ3v) is 3.57. The van der Waals surface area contributed by atoms with E-state index in [1.165, 1.54) is 23.0 Å². The van der Waals surface area contributed by atoms with Gasteiger partial charge in [0.2, 0.25) is 0 Å². The van der Waals surface area contributed by atoms with E-state index in [-0.39, 0.29) is 0 Å². The molecule has 0 radical (unpaired) electrons. The van der Waals surface area contributed by atoms with E-state index < -0.39 is 0 Å². The van der Waals surface area contributed by atoms with Gasteiger partial charge in [0.25, 0.3) is 0 Å². The first-order valence-electron chi connectivity index (χ1n) is 6.32. The molecule has 0 atom stereocenters. The molecule has 0 bridgehead atoms. The molecule has 0 fully saturated rings. The maximum absolute atomic E-state index is 8.64. The van der Waals surface area contributed by atoms with Crippen molar-refractivity contribution in [3.8, 4) is 6.19 Å². The summed E-state index contributed by atoms with van der Waals surface area (Å²) in [4.78, 5) is 10.2. The van der Waals surface area contributed by atoms with Gasteiger partial charge in [-0.15, -0.1) is 0 Å². The second-order valence-electron chi connectivity index (χ2n) is 4.71. The highest BCUT2D eigenvalue weighted by atomic mass is 15.2. The molecule has 1 heterocycles. The lowest BCUT2D eigenvalue weighted by molar-refractivity contribution is 1.07. The van der Waals surface area contributed by atoms with Gasteiger partial charge in [-0.2, -0.15) is 5.26 Å². The maximum atomic E-state index is 8.64. The molecule has 2 aromatic rings. The standard InChI is InChI=1S/C15H17N5/c1-10-5-6-13(12(3)11(10)2)20(4)15-7-14(17-8-16)18-9-19-15/h5-7,9H,1-4H3,(H,17,18,19). The average molecular weight is 267 g/mol. The number of anilines is 3. The summed E-state index contributed by atoms with van der Waals surface area (Å²) in [6.07, 6.45) is 3.31. The number of aryl methyl sites for hydroxylation is 1. The largest absolute Gasteiger partial charge is 0.329 e. The van der Waals surface area contributed by atoms with Crippen LogP contribution in [0.4, 0.5) is 17.3 Å². The second-order valence-corrected chi connectivity index (χ2v) is 4.71. The van der Waals surface area contributed by atoms with Crippen molar-refractivity contribution in [2.24, 2.45) is 0 Å². The van der Waals surface area contributed by atoms with Gasteiger partial charge in [-0.1, -0.05) is 6.07 Å². The summed E-state index contributed by atoms with van der Waals surface area (Å²) in [5, 5.41) is 11.2. The Morgan fingerprint density at radius 3 is 2.60 bits per heavy atom. The predicted molar refractivity (Wildman–Crippen MR) is 80.0 cm³/mol. The lowest BCUT2D eigenvalue weighted by atomic mass is 10.0. The highest BCUT2D eigenvalue weighted by molar-refractivity contribution is 5.66. The Labute approximate surface area is 118 Å². The first kappa shape index (κ1) is 13.8. The van der Waals surface area contributed by atoms with E-state index >= 15 is 0 Å². The Hall–Kier alpha value is -2.61. The van der Waals surface area contributed by atoms with Crippen molar-refractivity contribution < 1.29 is 0 Å². The zero-order valence-electron chi connectivity index (χ0n) is 12.1. The van der Waals surface area contributed by atoms with Crippen molar-refractivity contribution in [3.05, 3.63) is 41.2 Å². The fraction of sp³-hybridized carbons (Fsp3) is 0.267. The zero-order chi connectivity index (χ0) is 14.7. The molecule has 2 rings (SSSR count). The molecule has 0 saturated carbocycles. The minimum atomic E-state index is 0.492. The van der Waals surface area contributed by atoms with Crippen molar-refractivity contribution in [1.29, 1.82) is 5.26 Å². The minimum absolute atomic E-state index is 0.492. The van der Waals surface area contributed by atoms with Crippen LogP contribution in [0.1, 0.15) is 16.7 Å². The number of rotatable bonds is 3. The van der Waals surface area contributed by atoms with Crippen molar-refractivity contribution in [2.75, 3.05) is 17.3 Å². The van der Waals surface area contributed by atoms with Gasteiger partial charge in [-0.05, 0) is 43.5 Å². The molecule has 20 heavy (non-hydrogen) atoms. The van der Waals surface area contributed by atoms with Crippen LogP contribution in [0.5, 0.6) is 0 Å². The summed E-state index contributed by atoms with van der Waals surface area (Å²) < 4.78 is 0. The summed E-state index contributed by atoms with van der Waals surface area (Å²) >= 11 is 0. The Morgan fingerprint density at radius 2 is 1.90 bits per heavy atom. The van der Waals surface area contributed by atoms with Gasteiger partial charge in [-0.3, -0.25) is 5.32 Å². The molecule has 0 aliphatic carbocycles. The zero-order valence-corrected chi connectivity index (χ0v) is 12.1. The molecule has 1 aromatic heterocycles. The topological polar surface area (TPSA) is 64.8 Å². The van der Waals surface area contributed by atoms with Gasteiger partial charge in [-0.25, -0.2) is 9.97 Å². The van der Waals surface area contributed by atoms with Crippen LogP contribution in [0.25, 0.3) is 0 Å². The van der Waals surface area contributed by atoms with E-state index in [0.29, 0.717) is 5.82 Å². The Morgan fingerprint density at radius 1 is 1.15 bits per heavy atom. The lowest BCUT2D eigenvalue weighted by Gasteiger charge is -2.22. The van der Waals surface area contributed by atoms with Crippen LogP contribution in [0.15, 0.2) is 24.5 Å². The van der Waals surface area contributed by atoms with Crippen LogP contribution in [-0.4, -0.2) is 17.0 Å². The highest BCUT2D eigenvalue weighted by Gasteiger charge is 2.11. The predicted octanol–water partition coefficient (Wildman–Crippen LogP) is 3.06. The van der Waals surface area contributed by atoms with Gasteiger partial charge in [0.1, 0.15) is 18.0 Å². The smallest absolute Gasteiger partial charge is 0.182 e. The quantitative estimate of drug-likeness (QED) is 0.684. The number of benzene rings is 1. The van der Waals surface area contributed by atoms with E-state index in [2.05, 4.69) is 48.2 Å². The molecule has 0 spiro atoms. The molecule has 0 unspecified atom stereocenters. The summed E-state index contributed by atoms with van der Waals surface area (Å²) in [5.74, 6) is 1.23. The van der Waals surface area contributed by atoms with Crippen molar-refractivity contribution in [2.45, 2.75) is 20.8 Å². The average Bonchev–Trinajstić information content (AvgIpc) is 2.45. The number of nitrogens with one attached hydrogen (secondary N) is 1. The Balaban J connectivity index is 2.41. The lowest BCUT2D eigenvalue weighted by Crippen LogP contribution is -2.14. The van der Waals surface area contributed by atoms with E-state index in [9.17, 15) is 0 Å². The van der Waals surface area contributed by atoms with Crippen LogP contribution in [-0.2, 0) is 0 Å². The number of nitrogens with zero attached hydrogens (tertiary/aromatic N) is 4. The summed E-state index contributed by atoms with van der Waals surface area (Å²) in [6.45, 7) is 6.32. The summed E-state index contributed by atoms with van der Waals surface area (Å²) in [6, 6.07) is 5.93. The van der Waals surface area contributed by atoms with Crippen LogP contribution in [0.3, 0.4) is 0 Å². The van der Waals surface area contributed by atoms with Crippen LogP contribution >= 0.6 is 0 Å². The van der Waals surface area contributed by atoms with Crippen molar-refractivity contribution in [3.63, 3.8) is 0 Å². The first-order chi connectivity index (χ1) is 9.54. The fourth-order valence-electron chi connectivity index (χ4n) is 2.08. The molecule has 5 heteroatoms. The second kappa shape index (κ2) is 5.57. The minimum Gasteiger partial charge on any atom is -0.329 e. The monoisotopic (exact) mass is 267 g/mol. The Bertz CT molecular complexity index is 672. The first-order valence-corrected chi connectivity index (χ1v) is 6.32. The molecule has 0 amide bonds. The number of nitriles is 1. The normalized spacial score (nSPS) is 9.95. The summed E-state index contributed by atoms with van der Waals surface area (Å²) in [7, 11) is 1.95. The molecule has 102 valence electrons. The number of hydrogen-bond acceptors (Lipinski definition) is 5. The maximum Gasteiger partial charge on any atom is 0.182 e. The number of aromatic nitrogens is 2. The molecular formula is C15H17N5. The van der Waals surface area contributed by atoms with Crippen LogP contribution in [0.2, 0.25) is 0 Å². The van der Waals surface area contributed by atoms with E-state index in [4.69, 9.17) is 5.26 Å². The van der Waals surface area contributed by atoms with E-state index in [1.54, 1.807) is 6.07 Å². The summed E-state index contributed by atoms with van der Waals surface area (Å²) in [5.41, 5.74) is 4.86. The van der Waals surface area contributed by atoms with Gasteiger partial charge < -0.3 is 4.90 Å². The van der Waals surface area contributed by atoms with Crippen LogP contribution in [0, 0.1) is 32.2 Å². The number of hydrogen-bond donors (Lipinski definition) is 1. The molecule has 5 nitrogen and oxygen atoms in total. The fourth-order valence-corrected chi connectivity index (χ4v) is 2.08. The van der Waals surface area contributed by atoms with Gasteiger partial charge in [0.05, 0.1) is 0 Å². The third kappa shape index (κ3) is 2.54. The SMILES string of the molecule is Cc1ccc(N(C)c2cc(NC#N)ncn2)c(C)c1C. The molecule has 1 N–H and O–H groups in total. The van der Waals surface area contributed by atoms with Crippen molar-refractivity contribution in [1.82, 2.24) is 9.97 Å². The third-order valence-electron chi connectivity index (χ3n) is 3.57. The van der Waals surface area contributed by atoms with Crippen LogP contribution < -0.4 is 10.2 Å².